The molecule has 9 heteroatoms. The molecule has 0 atom stereocenters. The Labute approximate surface area is 174 Å². The van der Waals surface area contributed by atoms with Gasteiger partial charge < -0.3 is 28.5 Å². The number of hydrogen-bond donors (Lipinski definition) is 1. The summed E-state index contributed by atoms with van der Waals surface area (Å²) in [6.45, 7) is 1.68. The number of ether oxygens (including phenoxy) is 2. The summed E-state index contributed by atoms with van der Waals surface area (Å²) in [6, 6.07) is 7.28. The van der Waals surface area contributed by atoms with Gasteiger partial charge in [0.2, 0.25) is 5.89 Å². The Hall–Kier alpha value is -3.49. The van der Waals surface area contributed by atoms with Crippen molar-refractivity contribution in [3.05, 3.63) is 48.2 Å². The molecule has 0 unspecified atom stereocenters. The van der Waals surface area contributed by atoms with Crippen LogP contribution in [0.25, 0.3) is 11.5 Å². The smallest absolute Gasteiger partial charge is 0.317 e. The van der Waals surface area contributed by atoms with Gasteiger partial charge in [0.15, 0.2) is 11.5 Å². The predicted octanol–water partition coefficient (Wildman–Crippen LogP) is 3.44. The van der Waals surface area contributed by atoms with E-state index in [1.807, 2.05) is 23.1 Å². The summed E-state index contributed by atoms with van der Waals surface area (Å²) in [7, 11) is 3.18. The quantitative estimate of drug-likeness (QED) is 0.661. The largest absolute Gasteiger partial charge is 0.493 e. The van der Waals surface area contributed by atoms with Crippen molar-refractivity contribution in [2.75, 3.05) is 27.3 Å². The van der Waals surface area contributed by atoms with Crippen LogP contribution >= 0.6 is 0 Å². The Morgan fingerprint density at radius 1 is 1.17 bits per heavy atom. The van der Waals surface area contributed by atoms with Crippen molar-refractivity contribution in [1.82, 2.24) is 20.4 Å². The van der Waals surface area contributed by atoms with Gasteiger partial charge in [-0.1, -0.05) is 6.07 Å². The molecule has 0 saturated carbocycles. The topological polar surface area (TPSA) is 103 Å². The molecule has 9 nitrogen and oxygen atoms in total. The van der Waals surface area contributed by atoms with Crippen molar-refractivity contribution in [3.8, 4) is 23.0 Å². The fraction of sp³-hybridized carbons (Fsp3) is 0.381. The Balaban J connectivity index is 1.28. The molecule has 4 rings (SSSR count). The number of nitrogens with zero attached hydrogens (tertiary/aromatic N) is 3. The maximum atomic E-state index is 12.5. The second-order valence-electron chi connectivity index (χ2n) is 7.07. The van der Waals surface area contributed by atoms with Gasteiger partial charge >= 0.3 is 6.03 Å². The summed E-state index contributed by atoms with van der Waals surface area (Å²) in [6.07, 6.45) is 4.69. The number of piperidine rings is 1. The van der Waals surface area contributed by atoms with Crippen molar-refractivity contribution >= 4 is 6.03 Å². The second-order valence-corrected chi connectivity index (χ2v) is 7.07. The van der Waals surface area contributed by atoms with Gasteiger partial charge in [-0.2, -0.15) is 0 Å². The van der Waals surface area contributed by atoms with Crippen LogP contribution in [0.2, 0.25) is 0 Å². The maximum Gasteiger partial charge on any atom is 0.317 e. The Morgan fingerprint density at radius 3 is 2.67 bits per heavy atom. The first kappa shape index (κ1) is 19.8. The zero-order chi connectivity index (χ0) is 20.9. The molecular formula is C21H24N4O5. The highest BCUT2D eigenvalue weighted by molar-refractivity contribution is 5.74. The van der Waals surface area contributed by atoms with E-state index in [1.165, 1.54) is 0 Å². The Bertz CT molecular complexity index is 977. The number of aromatic nitrogens is 2. The van der Waals surface area contributed by atoms with Crippen LogP contribution in [0, 0.1) is 0 Å². The molecule has 30 heavy (non-hydrogen) atoms. The van der Waals surface area contributed by atoms with Crippen molar-refractivity contribution in [1.29, 1.82) is 0 Å². The fourth-order valence-electron chi connectivity index (χ4n) is 3.51. The number of carbonyl (C=O) groups excluding carboxylic acids is 1. The summed E-state index contributed by atoms with van der Waals surface area (Å²) in [5.41, 5.74) is 1.70. The lowest BCUT2D eigenvalue weighted by atomic mass is 9.97. The summed E-state index contributed by atoms with van der Waals surface area (Å²) in [5.74, 6) is 2.50. The van der Waals surface area contributed by atoms with Crippen LogP contribution in [0.1, 0.15) is 30.2 Å². The van der Waals surface area contributed by atoms with Crippen molar-refractivity contribution < 1.29 is 23.1 Å². The molecule has 1 saturated heterocycles. The number of furan rings is 1. The van der Waals surface area contributed by atoms with E-state index < -0.39 is 0 Å². The lowest BCUT2D eigenvalue weighted by Gasteiger charge is -2.30. The highest BCUT2D eigenvalue weighted by Crippen LogP contribution is 2.30. The molecule has 3 heterocycles. The van der Waals surface area contributed by atoms with E-state index in [1.54, 1.807) is 32.8 Å². The molecule has 1 fully saturated rings. The van der Waals surface area contributed by atoms with E-state index in [9.17, 15) is 4.79 Å². The zero-order valence-electron chi connectivity index (χ0n) is 17.0. The lowest BCUT2D eigenvalue weighted by molar-refractivity contribution is 0.177. The van der Waals surface area contributed by atoms with Gasteiger partial charge in [-0.05, 0) is 36.6 Å². The van der Waals surface area contributed by atoms with Crippen LogP contribution in [0.15, 0.2) is 45.6 Å². The number of rotatable bonds is 6. The summed E-state index contributed by atoms with van der Waals surface area (Å²) < 4.78 is 21.4. The van der Waals surface area contributed by atoms with Crippen molar-refractivity contribution in [3.63, 3.8) is 0 Å². The number of amides is 2. The molecule has 1 aromatic carbocycles. The minimum atomic E-state index is -0.0900. The molecule has 2 aromatic heterocycles. The van der Waals surface area contributed by atoms with Gasteiger partial charge in [-0.25, -0.2) is 4.79 Å². The number of urea groups is 1. The van der Waals surface area contributed by atoms with Gasteiger partial charge in [0.1, 0.15) is 6.26 Å². The third-order valence-corrected chi connectivity index (χ3v) is 5.23. The normalized spacial score (nSPS) is 14.5. The van der Waals surface area contributed by atoms with Crippen LogP contribution in [-0.4, -0.2) is 48.4 Å². The van der Waals surface area contributed by atoms with Crippen molar-refractivity contribution in [2.45, 2.75) is 25.3 Å². The zero-order valence-corrected chi connectivity index (χ0v) is 17.0. The molecule has 1 N–H and O–H groups in total. The van der Waals surface area contributed by atoms with Crippen LogP contribution < -0.4 is 14.8 Å². The number of methoxy groups -OCH3 is 2. The molecular weight excluding hydrogens is 388 g/mol. The number of benzene rings is 1. The first-order valence-electron chi connectivity index (χ1n) is 9.77. The van der Waals surface area contributed by atoms with Gasteiger partial charge in [-0.15, -0.1) is 10.2 Å². The second kappa shape index (κ2) is 8.89. The maximum absolute atomic E-state index is 12.5. The molecule has 3 aromatic rings. The molecule has 1 aliphatic rings. The third-order valence-electron chi connectivity index (χ3n) is 5.23. The van der Waals surface area contributed by atoms with Crippen LogP contribution in [-0.2, 0) is 6.54 Å². The number of nitrogens with one attached hydrogen (secondary N) is 1. The van der Waals surface area contributed by atoms with E-state index >= 15 is 0 Å². The predicted molar refractivity (Wildman–Crippen MR) is 107 cm³/mol. The minimum absolute atomic E-state index is 0.0900. The third kappa shape index (κ3) is 4.24. The molecule has 1 aliphatic heterocycles. The summed E-state index contributed by atoms with van der Waals surface area (Å²) in [4.78, 5) is 14.4. The fourth-order valence-corrected chi connectivity index (χ4v) is 3.51. The van der Waals surface area contributed by atoms with E-state index in [2.05, 4.69) is 15.5 Å². The molecule has 0 spiro atoms. The molecule has 158 valence electrons. The summed E-state index contributed by atoms with van der Waals surface area (Å²) >= 11 is 0. The average Bonchev–Trinajstić information content (AvgIpc) is 3.49. The highest BCUT2D eigenvalue weighted by Gasteiger charge is 2.27. The first-order valence-corrected chi connectivity index (χ1v) is 9.77. The van der Waals surface area contributed by atoms with Crippen LogP contribution in [0.5, 0.6) is 11.5 Å². The number of hydrogen-bond acceptors (Lipinski definition) is 7. The minimum Gasteiger partial charge on any atom is -0.493 e. The van der Waals surface area contributed by atoms with E-state index in [0.29, 0.717) is 42.9 Å². The average molecular weight is 412 g/mol. The standard InChI is InChI=1S/C21H24N4O5/c1-27-17-4-3-14(11-18(17)28-2)12-22-21(26)25-8-5-15(6-9-25)19-23-24-20(30-19)16-7-10-29-13-16/h3-4,7,10-11,13,15H,5-6,8-9,12H2,1-2H3,(H,22,26). The lowest BCUT2D eigenvalue weighted by Crippen LogP contribution is -2.43. The highest BCUT2D eigenvalue weighted by atomic mass is 16.5. The van der Waals surface area contributed by atoms with Gasteiger partial charge in [0.05, 0.1) is 26.0 Å². The van der Waals surface area contributed by atoms with E-state index in [0.717, 1.165) is 24.0 Å². The van der Waals surface area contributed by atoms with Gasteiger partial charge in [0.25, 0.3) is 5.89 Å². The SMILES string of the molecule is COc1ccc(CNC(=O)N2CCC(c3nnc(-c4ccoc4)o3)CC2)cc1OC. The Kier molecular flexibility index (Phi) is 5.87. The molecule has 0 radical (unpaired) electrons. The molecule has 2 amide bonds. The van der Waals surface area contributed by atoms with Gasteiger partial charge in [-0.3, -0.25) is 0 Å². The van der Waals surface area contributed by atoms with E-state index in [4.69, 9.17) is 18.3 Å². The number of likely N-dealkylation sites (tertiary alicyclic amines) is 1. The number of carbonyl (C=O) groups is 1. The first-order chi connectivity index (χ1) is 14.7. The monoisotopic (exact) mass is 412 g/mol. The van der Waals surface area contributed by atoms with Crippen molar-refractivity contribution in [2.24, 2.45) is 0 Å². The van der Waals surface area contributed by atoms with E-state index in [-0.39, 0.29) is 11.9 Å². The Morgan fingerprint density at radius 2 is 1.97 bits per heavy atom. The molecule has 0 aliphatic carbocycles. The summed E-state index contributed by atoms with van der Waals surface area (Å²) in [5, 5.41) is 11.2. The van der Waals surface area contributed by atoms with Crippen LogP contribution in [0.4, 0.5) is 4.79 Å². The van der Waals surface area contributed by atoms with Gasteiger partial charge in [0, 0.05) is 25.6 Å². The molecule has 0 bridgehead atoms. The van der Waals surface area contributed by atoms with Crippen LogP contribution in [0.3, 0.4) is 0 Å².